The van der Waals surface area contributed by atoms with E-state index in [1.807, 2.05) is 31.2 Å². The molecule has 1 aliphatic heterocycles. The summed E-state index contributed by atoms with van der Waals surface area (Å²) >= 11 is 0. The van der Waals surface area contributed by atoms with Gasteiger partial charge >= 0.3 is 5.97 Å². The highest BCUT2D eigenvalue weighted by Crippen LogP contribution is 2.36. The highest BCUT2D eigenvalue weighted by Gasteiger charge is 2.41. The molecule has 3 rings (SSSR count). The lowest BCUT2D eigenvalue weighted by Gasteiger charge is -2.36. The molecule has 1 amide bonds. The maximum atomic E-state index is 13.1. The van der Waals surface area contributed by atoms with Crippen molar-refractivity contribution in [1.82, 2.24) is 0 Å². The van der Waals surface area contributed by atoms with Gasteiger partial charge in [0.15, 0.2) is 0 Å². The Morgan fingerprint density at radius 1 is 1.00 bits per heavy atom. The Labute approximate surface area is 146 Å². The van der Waals surface area contributed by atoms with Crippen molar-refractivity contribution in [3.63, 3.8) is 0 Å². The Hall–Kier alpha value is -2.66. The molecule has 0 aliphatic carbocycles. The molecule has 25 heavy (non-hydrogen) atoms. The Kier molecular flexibility index (Phi) is 4.86. The molecule has 0 unspecified atom stereocenters. The third-order valence-corrected chi connectivity index (χ3v) is 4.77. The number of ether oxygens (including phenoxy) is 1. The van der Waals surface area contributed by atoms with E-state index in [4.69, 9.17) is 9.84 Å². The molecular weight excluding hydrogens is 318 g/mol. The number of benzene rings is 2. The van der Waals surface area contributed by atoms with Gasteiger partial charge in [0.1, 0.15) is 0 Å². The number of carbonyl (C=O) groups excluding carboxylic acids is 1. The SMILES string of the molecule is Cc1ccc(C2(C(=O)Nc3ccc(C(=O)O)cc3)CCOCC2)cc1. The molecule has 5 nitrogen and oxygen atoms in total. The lowest BCUT2D eigenvalue weighted by Crippen LogP contribution is -2.44. The van der Waals surface area contributed by atoms with Crippen molar-refractivity contribution >= 4 is 17.6 Å². The molecule has 0 saturated carbocycles. The fraction of sp³-hybridized carbons (Fsp3) is 0.300. The topological polar surface area (TPSA) is 75.6 Å². The van der Waals surface area contributed by atoms with Gasteiger partial charge < -0.3 is 15.2 Å². The first-order valence-electron chi connectivity index (χ1n) is 8.31. The standard InChI is InChI=1S/C20H21NO4/c1-14-2-6-16(7-3-14)20(10-12-25-13-11-20)19(24)21-17-8-4-15(5-9-17)18(22)23/h2-9H,10-13H2,1H3,(H,21,24)(H,22,23). The van der Waals surface area contributed by atoms with Gasteiger partial charge in [0.05, 0.1) is 11.0 Å². The van der Waals surface area contributed by atoms with Crippen molar-refractivity contribution in [2.75, 3.05) is 18.5 Å². The van der Waals surface area contributed by atoms with Crippen molar-refractivity contribution < 1.29 is 19.4 Å². The lowest BCUT2D eigenvalue weighted by atomic mass is 9.73. The van der Waals surface area contributed by atoms with Gasteiger partial charge in [-0.2, -0.15) is 0 Å². The summed E-state index contributed by atoms with van der Waals surface area (Å²) in [7, 11) is 0. The molecule has 1 saturated heterocycles. The van der Waals surface area contributed by atoms with E-state index in [0.717, 1.165) is 11.1 Å². The van der Waals surface area contributed by atoms with E-state index < -0.39 is 11.4 Å². The molecule has 130 valence electrons. The molecular formula is C20H21NO4. The minimum absolute atomic E-state index is 0.0808. The zero-order valence-corrected chi connectivity index (χ0v) is 14.1. The number of amides is 1. The summed E-state index contributed by atoms with van der Waals surface area (Å²) in [4.78, 5) is 24.1. The minimum atomic E-state index is -0.988. The number of nitrogens with one attached hydrogen (secondary N) is 1. The lowest BCUT2D eigenvalue weighted by molar-refractivity contribution is -0.125. The second kappa shape index (κ2) is 7.07. The summed E-state index contributed by atoms with van der Waals surface area (Å²) in [5.41, 5.74) is 2.29. The number of aryl methyl sites for hydroxylation is 1. The summed E-state index contributed by atoms with van der Waals surface area (Å²) in [6.07, 6.45) is 1.24. The first-order valence-corrected chi connectivity index (χ1v) is 8.31. The second-order valence-corrected chi connectivity index (χ2v) is 6.40. The van der Waals surface area contributed by atoms with E-state index in [9.17, 15) is 9.59 Å². The number of carboxylic acid groups (broad SMARTS) is 1. The van der Waals surface area contributed by atoms with Gasteiger partial charge in [0.2, 0.25) is 5.91 Å². The molecule has 2 aromatic carbocycles. The Morgan fingerprint density at radius 2 is 1.60 bits per heavy atom. The smallest absolute Gasteiger partial charge is 0.335 e. The second-order valence-electron chi connectivity index (χ2n) is 6.40. The maximum absolute atomic E-state index is 13.1. The van der Waals surface area contributed by atoms with Crippen LogP contribution in [0.15, 0.2) is 48.5 Å². The largest absolute Gasteiger partial charge is 0.478 e. The molecule has 0 radical (unpaired) electrons. The predicted molar refractivity (Wildman–Crippen MR) is 94.9 cm³/mol. The highest BCUT2D eigenvalue weighted by molar-refractivity contribution is 5.99. The van der Waals surface area contributed by atoms with Crippen molar-refractivity contribution in [3.8, 4) is 0 Å². The summed E-state index contributed by atoms with van der Waals surface area (Å²) in [6.45, 7) is 3.10. The number of anilines is 1. The van der Waals surface area contributed by atoms with Crippen LogP contribution in [0.4, 0.5) is 5.69 Å². The van der Waals surface area contributed by atoms with Crippen molar-refractivity contribution in [2.45, 2.75) is 25.2 Å². The molecule has 0 aromatic heterocycles. The van der Waals surface area contributed by atoms with E-state index >= 15 is 0 Å². The normalized spacial score (nSPS) is 16.2. The van der Waals surface area contributed by atoms with E-state index in [1.165, 1.54) is 12.1 Å². The Morgan fingerprint density at radius 3 is 2.16 bits per heavy atom. The van der Waals surface area contributed by atoms with Crippen LogP contribution >= 0.6 is 0 Å². The third-order valence-electron chi connectivity index (χ3n) is 4.77. The van der Waals surface area contributed by atoms with Crippen LogP contribution in [0.2, 0.25) is 0 Å². The summed E-state index contributed by atoms with van der Waals surface area (Å²) in [6, 6.07) is 14.2. The summed E-state index contributed by atoms with van der Waals surface area (Å²) in [5, 5.41) is 11.9. The summed E-state index contributed by atoms with van der Waals surface area (Å²) in [5.74, 6) is -1.07. The minimum Gasteiger partial charge on any atom is -0.478 e. The van der Waals surface area contributed by atoms with Gasteiger partial charge in [0.25, 0.3) is 0 Å². The Bertz CT molecular complexity index is 759. The van der Waals surface area contributed by atoms with E-state index in [1.54, 1.807) is 12.1 Å². The number of carboxylic acids is 1. The van der Waals surface area contributed by atoms with Crippen LogP contribution < -0.4 is 5.32 Å². The van der Waals surface area contributed by atoms with Gasteiger partial charge in [-0.05, 0) is 49.6 Å². The molecule has 0 atom stereocenters. The van der Waals surface area contributed by atoms with Crippen LogP contribution in [0.25, 0.3) is 0 Å². The van der Waals surface area contributed by atoms with Gasteiger partial charge in [0, 0.05) is 18.9 Å². The first kappa shape index (κ1) is 17.2. The molecule has 5 heteroatoms. The number of rotatable bonds is 4. The average Bonchev–Trinajstić information content (AvgIpc) is 2.63. The number of hydrogen-bond acceptors (Lipinski definition) is 3. The summed E-state index contributed by atoms with van der Waals surface area (Å²) < 4.78 is 5.47. The third kappa shape index (κ3) is 3.56. The predicted octanol–water partition coefficient (Wildman–Crippen LogP) is 3.38. The zero-order chi connectivity index (χ0) is 17.9. The van der Waals surface area contributed by atoms with Crippen molar-refractivity contribution in [1.29, 1.82) is 0 Å². The molecule has 2 aromatic rings. The van der Waals surface area contributed by atoms with E-state index in [0.29, 0.717) is 31.7 Å². The van der Waals surface area contributed by atoms with Crippen LogP contribution in [0.3, 0.4) is 0 Å². The molecule has 1 heterocycles. The van der Waals surface area contributed by atoms with E-state index in [-0.39, 0.29) is 11.5 Å². The molecule has 1 aliphatic rings. The number of aromatic carboxylic acids is 1. The fourth-order valence-electron chi connectivity index (χ4n) is 3.19. The van der Waals surface area contributed by atoms with Crippen LogP contribution in [0.5, 0.6) is 0 Å². The van der Waals surface area contributed by atoms with Crippen molar-refractivity contribution in [3.05, 3.63) is 65.2 Å². The molecule has 1 fully saturated rings. The van der Waals surface area contributed by atoms with Gasteiger partial charge in [-0.1, -0.05) is 29.8 Å². The van der Waals surface area contributed by atoms with E-state index in [2.05, 4.69) is 5.32 Å². The molecule has 2 N–H and O–H groups in total. The fourth-order valence-corrected chi connectivity index (χ4v) is 3.19. The quantitative estimate of drug-likeness (QED) is 0.895. The monoisotopic (exact) mass is 339 g/mol. The number of hydrogen-bond donors (Lipinski definition) is 2. The van der Waals surface area contributed by atoms with Gasteiger partial charge in [-0.15, -0.1) is 0 Å². The van der Waals surface area contributed by atoms with Crippen molar-refractivity contribution in [2.24, 2.45) is 0 Å². The molecule has 0 spiro atoms. The van der Waals surface area contributed by atoms with Crippen LogP contribution in [0, 0.1) is 6.92 Å². The Balaban J connectivity index is 1.87. The first-order chi connectivity index (χ1) is 12.0. The van der Waals surface area contributed by atoms with Crippen LogP contribution in [-0.2, 0) is 14.9 Å². The highest BCUT2D eigenvalue weighted by atomic mass is 16.5. The van der Waals surface area contributed by atoms with Crippen LogP contribution in [0.1, 0.15) is 34.3 Å². The van der Waals surface area contributed by atoms with Gasteiger partial charge in [-0.25, -0.2) is 4.79 Å². The average molecular weight is 339 g/mol. The van der Waals surface area contributed by atoms with Crippen LogP contribution in [-0.4, -0.2) is 30.2 Å². The molecule has 0 bridgehead atoms. The number of carbonyl (C=O) groups is 2. The zero-order valence-electron chi connectivity index (χ0n) is 14.1. The maximum Gasteiger partial charge on any atom is 0.335 e. The van der Waals surface area contributed by atoms with Gasteiger partial charge in [-0.3, -0.25) is 4.79 Å².